The van der Waals surface area contributed by atoms with Crippen LogP contribution in [0.3, 0.4) is 0 Å². The normalized spacial score (nSPS) is 14.7. The van der Waals surface area contributed by atoms with Crippen molar-refractivity contribution in [3.05, 3.63) is 72.2 Å². The molecule has 0 aliphatic carbocycles. The van der Waals surface area contributed by atoms with Crippen LogP contribution in [0.15, 0.2) is 61.1 Å². The molecule has 1 unspecified atom stereocenters. The highest BCUT2D eigenvalue weighted by atomic mass is 16.5. The number of H-pyrrole nitrogens is 1. The molecule has 0 spiro atoms. The molecule has 5 rings (SSSR count). The van der Waals surface area contributed by atoms with Gasteiger partial charge < -0.3 is 19.8 Å². The fourth-order valence-corrected chi connectivity index (χ4v) is 4.83. The molecule has 2 aromatic heterocycles. The van der Waals surface area contributed by atoms with Gasteiger partial charge in [0.2, 0.25) is 0 Å². The Balaban J connectivity index is 1.27. The lowest BCUT2D eigenvalue weighted by atomic mass is 10.0. The Hall–Kier alpha value is -4.13. The molecule has 3 heterocycles. The molecule has 1 atom stereocenters. The van der Waals surface area contributed by atoms with E-state index >= 15 is 0 Å². The quantitative estimate of drug-likeness (QED) is 0.308. The van der Waals surface area contributed by atoms with Crippen molar-refractivity contribution >= 4 is 22.6 Å². The van der Waals surface area contributed by atoms with Crippen LogP contribution in [0.5, 0.6) is 0 Å². The van der Waals surface area contributed by atoms with Gasteiger partial charge in [-0.1, -0.05) is 24.3 Å². The van der Waals surface area contributed by atoms with Crippen LogP contribution in [-0.4, -0.2) is 71.6 Å². The first kappa shape index (κ1) is 25.5. The van der Waals surface area contributed by atoms with Crippen LogP contribution in [0.2, 0.25) is 0 Å². The number of nitrogens with zero attached hydrogens (tertiary/aromatic N) is 4. The Bertz CT molecular complexity index is 1430. The molecule has 0 amide bonds. The number of aromatic amines is 1. The molecular formula is C29H32N6O3. The summed E-state index contributed by atoms with van der Waals surface area (Å²) < 4.78 is 12.4. The number of para-hydroxylation sites is 1. The molecular weight excluding hydrogens is 480 g/mol. The molecule has 38 heavy (non-hydrogen) atoms. The summed E-state index contributed by atoms with van der Waals surface area (Å²) in [5, 5.41) is 18.8. The minimum absolute atomic E-state index is 0.387. The van der Waals surface area contributed by atoms with Gasteiger partial charge in [-0.15, -0.1) is 0 Å². The van der Waals surface area contributed by atoms with Crippen LogP contribution in [0, 0.1) is 11.3 Å². The summed E-state index contributed by atoms with van der Waals surface area (Å²) >= 11 is 0. The van der Waals surface area contributed by atoms with Crippen LogP contribution in [0.1, 0.15) is 22.3 Å². The number of aromatic nitrogens is 3. The average Bonchev–Trinajstić information content (AvgIpc) is 3.62. The van der Waals surface area contributed by atoms with Crippen molar-refractivity contribution in [1.29, 1.82) is 5.26 Å². The molecule has 4 aromatic rings. The lowest BCUT2D eigenvalue weighted by Gasteiger charge is -2.26. The number of rotatable bonds is 10. The summed E-state index contributed by atoms with van der Waals surface area (Å²) in [6, 6.07) is 15.6. The number of morpholine rings is 1. The molecule has 0 radical (unpaired) electrons. The maximum atomic E-state index is 12.7. The third-order valence-electron chi connectivity index (χ3n) is 7.00. The summed E-state index contributed by atoms with van der Waals surface area (Å²) in [5.41, 5.74) is 4.98. The number of methoxy groups -OCH3 is 1. The number of nitrogens with one attached hydrogen (secondary N) is 2. The van der Waals surface area contributed by atoms with Crippen molar-refractivity contribution in [2.45, 2.75) is 25.4 Å². The smallest absolute Gasteiger partial charge is 0.339 e. The van der Waals surface area contributed by atoms with Crippen LogP contribution in [0.4, 0.5) is 5.69 Å². The fraction of sp³-hybridized carbons (Fsp3) is 0.345. The first-order valence-electron chi connectivity index (χ1n) is 12.9. The summed E-state index contributed by atoms with van der Waals surface area (Å²) in [6.45, 7) is 5.12. The molecule has 9 nitrogen and oxygen atoms in total. The van der Waals surface area contributed by atoms with Gasteiger partial charge in [0.15, 0.2) is 0 Å². The van der Waals surface area contributed by atoms with E-state index in [0.29, 0.717) is 17.7 Å². The Kier molecular flexibility index (Phi) is 8.02. The molecule has 196 valence electrons. The molecule has 1 saturated heterocycles. The van der Waals surface area contributed by atoms with Gasteiger partial charge in [-0.2, -0.15) is 10.4 Å². The Morgan fingerprint density at radius 3 is 2.87 bits per heavy atom. The average molecular weight is 513 g/mol. The Morgan fingerprint density at radius 1 is 1.21 bits per heavy atom. The topological polar surface area (TPSA) is 108 Å². The van der Waals surface area contributed by atoms with E-state index in [2.05, 4.69) is 32.4 Å². The number of aryl methyl sites for hydroxylation is 1. The Morgan fingerprint density at radius 2 is 2.05 bits per heavy atom. The van der Waals surface area contributed by atoms with Crippen LogP contribution >= 0.6 is 0 Å². The van der Waals surface area contributed by atoms with E-state index in [-0.39, 0.29) is 0 Å². The van der Waals surface area contributed by atoms with Crippen molar-refractivity contribution in [3.63, 3.8) is 0 Å². The predicted octanol–water partition coefficient (Wildman–Crippen LogP) is 4.09. The number of hydrogen-bond donors (Lipinski definition) is 2. The second-order valence-electron chi connectivity index (χ2n) is 9.42. The first-order valence-corrected chi connectivity index (χ1v) is 12.9. The predicted molar refractivity (Wildman–Crippen MR) is 146 cm³/mol. The van der Waals surface area contributed by atoms with Crippen molar-refractivity contribution in [2.24, 2.45) is 0 Å². The lowest BCUT2D eigenvalue weighted by Crippen LogP contribution is -2.38. The van der Waals surface area contributed by atoms with Crippen LogP contribution in [0.25, 0.3) is 22.0 Å². The number of ether oxygens (including phenoxy) is 2. The number of fused-ring (bicyclic) bond motifs is 1. The number of anilines is 1. The molecule has 1 aliphatic rings. The van der Waals surface area contributed by atoms with Gasteiger partial charge in [0.05, 0.1) is 44.7 Å². The molecule has 2 aromatic carbocycles. The van der Waals surface area contributed by atoms with E-state index < -0.39 is 12.0 Å². The largest absolute Gasteiger partial charge is 0.465 e. The number of esters is 1. The zero-order valence-electron chi connectivity index (χ0n) is 21.5. The summed E-state index contributed by atoms with van der Waals surface area (Å²) in [6.07, 6.45) is 7.11. The third kappa shape index (κ3) is 5.88. The van der Waals surface area contributed by atoms with Gasteiger partial charge in [0.25, 0.3) is 0 Å². The van der Waals surface area contributed by atoms with Gasteiger partial charge >= 0.3 is 5.97 Å². The summed E-state index contributed by atoms with van der Waals surface area (Å²) in [5.74, 6) is -0.456. The highest BCUT2D eigenvalue weighted by molar-refractivity contribution is 5.97. The fourth-order valence-electron chi connectivity index (χ4n) is 4.83. The summed E-state index contributed by atoms with van der Waals surface area (Å²) in [7, 11) is 1.36. The van der Waals surface area contributed by atoms with Crippen molar-refractivity contribution in [3.8, 4) is 17.2 Å². The highest BCUT2D eigenvalue weighted by Crippen LogP contribution is 2.27. The second kappa shape index (κ2) is 11.9. The van der Waals surface area contributed by atoms with E-state index in [4.69, 9.17) is 9.47 Å². The van der Waals surface area contributed by atoms with Gasteiger partial charge in [-0.3, -0.25) is 9.58 Å². The minimum atomic E-state index is -0.471. The lowest BCUT2D eigenvalue weighted by molar-refractivity contribution is 0.0360. The zero-order valence-corrected chi connectivity index (χ0v) is 21.5. The maximum Gasteiger partial charge on any atom is 0.339 e. The van der Waals surface area contributed by atoms with E-state index in [1.165, 1.54) is 7.11 Å². The van der Waals surface area contributed by atoms with Crippen molar-refractivity contribution in [1.82, 2.24) is 19.7 Å². The van der Waals surface area contributed by atoms with Gasteiger partial charge in [-0.25, -0.2) is 4.79 Å². The zero-order chi connectivity index (χ0) is 26.3. The molecule has 0 saturated carbocycles. The maximum absolute atomic E-state index is 12.7. The molecule has 0 bridgehead atoms. The van der Waals surface area contributed by atoms with E-state index in [1.807, 2.05) is 53.6 Å². The molecule has 2 N–H and O–H groups in total. The number of carbonyl (C=O) groups excluding carboxylic acids is 1. The van der Waals surface area contributed by atoms with Crippen LogP contribution in [-0.2, 0) is 22.4 Å². The second-order valence-corrected chi connectivity index (χ2v) is 9.42. The molecule has 1 aliphatic heterocycles. The van der Waals surface area contributed by atoms with Crippen LogP contribution < -0.4 is 5.32 Å². The summed E-state index contributed by atoms with van der Waals surface area (Å²) in [4.78, 5) is 18.3. The number of hydrogen-bond acceptors (Lipinski definition) is 7. The number of benzene rings is 2. The van der Waals surface area contributed by atoms with Gasteiger partial charge in [0.1, 0.15) is 6.04 Å². The van der Waals surface area contributed by atoms with Crippen molar-refractivity contribution in [2.75, 3.05) is 45.3 Å². The number of carbonyl (C=O) groups is 1. The van der Waals surface area contributed by atoms with Crippen molar-refractivity contribution < 1.29 is 14.3 Å². The SMILES string of the molecule is COC(=O)c1cc(-c2cnn(CCN3CCOCC3)c2)ccc1NC(C#N)CCc1c[nH]c2ccccc12. The van der Waals surface area contributed by atoms with Gasteiger partial charge in [0, 0.05) is 54.2 Å². The Labute approximate surface area is 222 Å². The van der Waals surface area contributed by atoms with E-state index in [1.54, 1.807) is 6.07 Å². The number of nitriles is 1. The molecule has 1 fully saturated rings. The molecule has 9 heteroatoms. The first-order chi connectivity index (χ1) is 18.6. The highest BCUT2D eigenvalue weighted by Gasteiger charge is 2.18. The van der Waals surface area contributed by atoms with Gasteiger partial charge in [-0.05, 0) is 42.2 Å². The van der Waals surface area contributed by atoms with E-state index in [9.17, 15) is 10.1 Å². The van der Waals surface area contributed by atoms with E-state index in [0.717, 1.165) is 73.4 Å². The monoisotopic (exact) mass is 512 g/mol. The standard InChI is InChI=1S/C29H32N6O3/c1-37-29(36)26-16-21(23-19-32-35(20-23)11-10-34-12-14-38-15-13-34)7-9-28(26)33-24(17-30)8-6-22-18-31-27-5-3-2-4-25(22)27/h2-5,7,9,16,18-20,24,31,33H,6,8,10-15H2,1H3. The minimum Gasteiger partial charge on any atom is -0.465 e. The third-order valence-corrected chi connectivity index (χ3v) is 7.00.